The second-order valence-electron chi connectivity index (χ2n) is 4.46. The first-order valence-electron chi connectivity index (χ1n) is 5.20. The van der Waals surface area contributed by atoms with Crippen molar-refractivity contribution in [1.82, 2.24) is 9.80 Å². The molecule has 0 spiro atoms. The quantitative estimate of drug-likeness (QED) is 0.607. The average Bonchev–Trinajstić information content (AvgIpc) is 2.30. The summed E-state index contributed by atoms with van der Waals surface area (Å²) in [6.07, 6.45) is 0. The summed E-state index contributed by atoms with van der Waals surface area (Å²) in [4.78, 5) is 5.22. The van der Waals surface area contributed by atoms with Gasteiger partial charge in [-0.05, 0) is 20.4 Å². The second-order valence-corrected chi connectivity index (χ2v) is 4.46. The van der Waals surface area contributed by atoms with E-state index in [9.17, 15) is 0 Å². The van der Waals surface area contributed by atoms with E-state index in [0.29, 0.717) is 0 Å². The summed E-state index contributed by atoms with van der Waals surface area (Å²) in [6.45, 7) is 12.1. The molecule has 12 heavy (non-hydrogen) atoms. The van der Waals surface area contributed by atoms with E-state index in [1.54, 1.807) is 0 Å². The van der Waals surface area contributed by atoms with Gasteiger partial charge in [0, 0.05) is 37.6 Å². The maximum absolute atomic E-state index is 2.62. The third-order valence-corrected chi connectivity index (χ3v) is 3.51. The van der Waals surface area contributed by atoms with Gasteiger partial charge in [0.25, 0.3) is 0 Å². The van der Waals surface area contributed by atoms with Crippen LogP contribution in [0.3, 0.4) is 0 Å². The van der Waals surface area contributed by atoms with Crippen molar-refractivity contribution < 1.29 is 0 Å². The molecule has 2 heteroatoms. The number of rotatable bonds is 2. The van der Waals surface area contributed by atoms with Crippen LogP contribution in [0.25, 0.3) is 0 Å². The van der Waals surface area contributed by atoms with Crippen LogP contribution in [0.2, 0.25) is 0 Å². The Balaban J connectivity index is 1.90. The fraction of sp³-hybridized carbons (Fsp3) is 1.00. The molecule has 2 fully saturated rings. The first-order chi connectivity index (χ1) is 5.72. The molecule has 0 aromatic heterocycles. The van der Waals surface area contributed by atoms with Crippen LogP contribution in [-0.4, -0.2) is 48.1 Å². The lowest BCUT2D eigenvalue weighted by atomic mass is 9.92. The minimum atomic E-state index is 0.745. The highest BCUT2D eigenvalue weighted by atomic mass is 15.3. The van der Waals surface area contributed by atoms with Gasteiger partial charge in [-0.25, -0.2) is 0 Å². The van der Waals surface area contributed by atoms with Crippen LogP contribution < -0.4 is 0 Å². The summed E-state index contributed by atoms with van der Waals surface area (Å²) in [5.41, 5.74) is 0. The van der Waals surface area contributed by atoms with Crippen LogP contribution in [0.1, 0.15) is 20.8 Å². The van der Waals surface area contributed by atoms with Crippen molar-refractivity contribution in [3.8, 4) is 0 Å². The van der Waals surface area contributed by atoms with Gasteiger partial charge >= 0.3 is 0 Å². The Morgan fingerprint density at radius 3 is 2.58 bits per heavy atom. The molecule has 2 aliphatic rings. The van der Waals surface area contributed by atoms with E-state index in [0.717, 1.165) is 18.0 Å². The Morgan fingerprint density at radius 1 is 1.25 bits per heavy atom. The maximum Gasteiger partial charge on any atom is 0.0275 e. The Kier molecular flexibility index (Phi) is 2.13. The molecule has 0 aromatic rings. The minimum Gasteiger partial charge on any atom is -0.299 e. The minimum absolute atomic E-state index is 0.745. The lowest BCUT2D eigenvalue weighted by Crippen LogP contribution is -2.55. The van der Waals surface area contributed by atoms with Gasteiger partial charge in [-0.3, -0.25) is 9.80 Å². The number of hydrogen-bond acceptors (Lipinski definition) is 2. The standard InChI is InChI=1S/C10H20N2/c1-4-11-5-9-6-12(8(2)3)7-10(9)11/h8-10H,4-7H2,1-3H3. The van der Waals surface area contributed by atoms with Gasteiger partial charge in [0.1, 0.15) is 0 Å². The molecular formula is C10H20N2. The van der Waals surface area contributed by atoms with E-state index >= 15 is 0 Å². The third kappa shape index (κ3) is 1.17. The van der Waals surface area contributed by atoms with Crippen molar-refractivity contribution in [2.24, 2.45) is 5.92 Å². The van der Waals surface area contributed by atoms with E-state index in [1.807, 2.05) is 0 Å². The van der Waals surface area contributed by atoms with Gasteiger partial charge in [0.2, 0.25) is 0 Å². The second kappa shape index (κ2) is 3.00. The van der Waals surface area contributed by atoms with Crippen molar-refractivity contribution in [1.29, 1.82) is 0 Å². The first-order valence-corrected chi connectivity index (χ1v) is 5.20. The van der Waals surface area contributed by atoms with Crippen LogP contribution in [0.4, 0.5) is 0 Å². The van der Waals surface area contributed by atoms with E-state index in [2.05, 4.69) is 30.6 Å². The molecule has 2 aliphatic heterocycles. The normalized spacial score (nSPS) is 37.0. The third-order valence-electron chi connectivity index (χ3n) is 3.51. The fourth-order valence-corrected chi connectivity index (χ4v) is 2.56. The summed E-state index contributed by atoms with van der Waals surface area (Å²) in [5, 5.41) is 0. The molecule has 2 nitrogen and oxygen atoms in total. The highest BCUT2D eigenvalue weighted by Crippen LogP contribution is 2.32. The number of likely N-dealkylation sites (N-methyl/N-ethyl adjacent to an activating group) is 1. The van der Waals surface area contributed by atoms with Crippen LogP contribution in [0, 0.1) is 5.92 Å². The molecule has 0 saturated carbocycles. The van der Waals surface area contributed by atoms with Gasteiger partial charge in [-0.1, -0.05) is 6.92 Å². The Hall–Kier alpha value is -0.0800. The summed E-state index contributed by atoms with van der Waals surface area (Å²) in [5.74, 6) is 0.993. The molecule has 0 aromatic carbocycles. The van der Waals surface area contributed by atoms with Gasteiger partial charge in [0.05, 0.1) is 0 Å². The van der Waals surface area contributed by atoms with Gasteiger partial charge in [-0.2, -0.15) is 0 Å². The molecule has 0 amide bonds. The topological polar surface area (TPSA) is 6.48 Å². The van der Waals surface area contributed by atoms with E-state index in [4.69, 9.17) is 0 Å². The molecule has 0 radical (unpaired) electrons. The Labute approximate surface area is 75.5 Å². The zero-order valence-corrected chi connectivity index (χ0v) is 8.45. The number of fused-ring (bicyclic) bond motifs is 1. The van der Waals surface area contributed by atoms with Crippen molar-refractivity contribution >= 4 is 0 Å². The predicted octanol–water partition coefficient (Wildman–Crippen LogP) is 1.03. The maximum atomic E-state index is 2.62. The van der Waals surface area contributed by atoms with Crippen LogP contribution in [0.5, 0.6) is 0 Å². The summed E-state index contributed by atoms with van der Waals surface area (Å²) in [7, 11) is 0. The predicted molar refractivity (Wildman–Crippen MR) is 51.2 cm³/mol. The van der Waals surface area contributed by atoms with Crippen molar-refractivity contribution in [3.63, 3.8) is 0 Å². The van der Waals surface area contributed by atoms with E-state index in [1.165, 1.54) is 26.2 Å². The zero-order chi connectivity index (χ0) is 8.72. The Morgan fingerprint density at radius 2 is 2.00 bits per heavy atom. The highest BCUT2D eigenvalue weighted by Gasteiger charge is 2.44. The summed E-state index contributed by atoms with van der Waals surface area (Å²) >= 11 is 0. The van der Waals surface area contributed by atoms with Gasteiger partial charge in [0.15, 0.2) is 0 Å². The SMILES string of the molecule is CCN1CC2CN(C(C)C)CC21. The fourth-order valence-electron chi connectivity index (χ4n) is 2.56. The highest BCUT2D eigenvalue weighted by molar-refractivity contribution is 5.00. The van der Waals surface area contributed by atoms with Crippen molar-refractivity contribution in [2.75, 3.05) is 26.2 Å². The lowest BCUT2D eigenvalue weighted by Gasteiger charge is -2.43. The van der Waals surface area contributed by atoms with Gasteiger partial charge in [-0.15, -0.1) is 0 Å². The number of hydrogen-bond donors (Lipinski definition) is 0. The molecule has 0 N–H and O–H groups in total. The molecular weight excluding hydrogens is 148 g/mol. The summed E-state index contributed by atoms with van der Waals surface area (Å²) in [6, 6.07) is 1.65. The molecule has 0 bridgehead atoms. The summed E-state index contributed by atoms with van der Waals surface area (Å²) < 4.78 is 0. The molecule has 2 unspecified atom stereocenters. The number of nitrogens with zero attached hydrogens (tertiary/aromatic N) is 2. The van der Waals surface area contributed by atoms with E-state index in [-0.39, 0.29) is 0 Å². The molecule has 2 rings (SSSR count). The average molecular weight is 168 g/mol. The van der Waals surface area contributed by atoms with E-state index < -0.39 is 0 Å². The largest absolute Gasteiger partial charge is 0.299 e. The lowest BCUT2D eigenvalue weighted by molar-refractivity contribution is 0.0577. The monoisotopic (exact) mass is 168 g/mol. The van der Waals surface area contributed by atoms with Crippen LogP contribution in [-0.2, 0) is 0 Å². The van der Waals surface area contributed by atoms with Crippen molar-refractivity contribution in [2.45, 2.75) is 32.9 Å². The molecule has 2 heterocycles. The number of likely N-dealkylation sites (tertiary alicyclic amines) is 2. The van der Waals surface area contributed by atoms with Crippen molar-refractivity contribution in [3.05, 3.63) is 0 Å². The smallest absolute Gasteiger partial charge is 0.0275 e. The van der Waals surface area contributed by atoms with Crippen LogP contribution in [0.15, 0.2) is 0 Å². The van der Waals surface area contributed by atoms with Crippen LogP contribution >= 0.6 is 0 Å². The molecule has 70 valence electrons. The van der Waals surface area contributed by atoms with Gasteiger partial charge < -0.3 is 0 Å². The molecule has 2 atom stereocenters. The Bertz CT molecular complexity index is 167. The first kappa shape index (κ1) is 8.52. The molecule has 2 saturated heterocycles. The zero-order valence-electron chi connectivity index (χ0n) is 8.45. The molecule has 0 aliphatic carbocycles.